The molecule has 14 heavy (non-hydrogen) atoms. The Hall–Kier alpha value is 1.02. The molecule has 1 heterocycles. The van der Waals surface area contributed by atoms with Gasteiger partial charge in [0.25, 0.3) is 0 Å². The van der Waals surface area contributed by atoms with E-state index in [9.17, 15) is 4.57 Å². The summed E-state index contributed by atoms with van der Waals surface area (Å²) in [6.45, 7) is -0.216. The average molecular weight is 280 g/mol. The second kappa shape index (κ2) is 5.93. The van der Waals surface area contributed by atoms with Gasteiger partial charge in [0.05, 0.1) is 0 Å². The fourth-order valence-electron chi connectivity index (χ4n) is 1.53. The lowest BCUT2D eigenvalue weighted by atomic mass is 10.4. The molecule has 0 N–H and O–H groups in total. The van der Waals surface area contributed by atoms with E-state index < -0.39 is 6.80 Å². The lowest BCUT2D eigenvalue weighted by Crippen LogP contribution is -2.38. The first-order valence-corrected chi connectivity index (χ1v) is 8.14. The topological polar surface area (TPSA) is 23.6 Å². The Bertz CT molecular complexity index is 207. The number of hydrogen-bond acceptors (Lipinski definition) is 1. The third kappa shape index (κ3) is 3.01. The monoisotopic (exact) mass is 278 g/mol. The molecule has 0 radical (unpaired) electrons. The first kappa shape index (κ1) is 13.1. The molecule has 0 aromatic rings. The molecule has 0 unspecified atom stereocenters. The van der Waals surface area contributed by atoms with Crippen molar-refractivity contribution in [3.8, 4) is 0 Å². The maximum atomic E-state index is 12.2. The minimum atomic E-state index is -2.87. The van der Waals surface area contributed by atoms with Gasteiger partial charge in [-0.25, -0.2) is 9.34 Å². The quantitative estimate of drug-likeness (QED) is 0.584. The van der Waals surface area contributed by atoms with Gasteiger partial charge in [-0.2, -0.15) is 0 Å². The van der Waals surface area contributed by atoms with Crippen LogP contribution in [-0.2, 0) is 4.57 Å². The Labute approximate surface area is 99.5 Å². The highest BCUT2D eigenvalue weighted by atomic mass is 35.7. The average Bonchev–Trinajstić information content (AvgIpc) is 2.13. The van der Waals surface area contributed by atoms with Gasteiger partial charge in [0.15, 0.2) is 0 Å². The van der Waals surface area contributed by atoms with E-state index in [0.717, 1.165) is 19.5 Å². The van der Waals surface area contributed by atoms with Gasteiger partial charge in [0.1, 0.15) is 0 Å². The van der Waals surface area contributed by atoms with Gasteiger partial charge >= 0.3 is 6.80 Å². The molecular weight excluding hydrogens is 265 g/mol. The zero-order chi connectivity index (χ0) is 10.6. The normalized spacial score (nSPS) is 23.9. The van der Waals surface area contributed by atoms with E-state index in [0.29, 0.717) is 24.8 Å². The second-order valence-corrected chi connectivity index (χ2v) is 7.27. The van der Waals surface area contributed by atoms with E-state index in [-0.39, 0.29) is 0 Å². The van der Waals surface area contributed by atoms with E-state index in [1.165, 1.54) is 0 Å². The minimum Gasteiger partial charge on any atom is -0.271 e. The molecule has 7 heteroatoms. The van der Waals surface area contributed by atoms with Crippen molar-refractivity contribution in [3.63, 3.8) is 0 Å². The largest absolute Gasteiger partial charge is 0.304 e. The Morgan fingerprint density at radius 2 is 1.50 bits per heavy atom. The highest BCUT2D eigenvalue weighted by Crippen LogP contribution is 2.59. The number of alkyl halides is 2. The van der Waals surface area contributed by atoms with Crippen molar-refractivity contribution < 1.29 is 4.57 Å². The molecule has 84 valence electrons. The molecule has 1 fully saturated rings. The van der Waals surface area contributed by atoms with Crippen molar-refractivity contribution in [2.24, 2.45) is 0 Å². The van der Waals surface area contributed by atoms with Crippen LogP contribution in [0.3, 0.4) is 0 Å². The van der Waals surface area contributed by atoms with Crippen LogP contribution in [0.15, 0.2) is 0 Å². The van der Waals surface area contributed by atoms with Gasteiger partial charge in [-0.05, 0) is 17.7 Å². The fourth-order valence-corrected chi connectivity index (χ4v) is 4.90. The van der Waals surface area contributed by atoms with Crippen molar-refractivity contribution >= 4 is 41.2 Å². The molecule has 0 spiro atoms. The molecular formula is C7H14Cl3N2OP. The highest BCUT2D eigenvalue weighted by molar-refractivity contribution is 7.85. The molecule has 0 aromatic heterocycles. The zero-order valence-corrected chi connectivity index (χ0v) is 11.0. The third-order valence-corrected chi connectivity index (χ3v) is 6.03. The van der Waals surface area contributed by atoms with E-state index in [1.807, 2.05) is 0 Å². The lowest BCUT2D eigenvalue weighted by molar-refractivity contribution is 0.304. The molecule has 1 rings (SSSR count). The van der Waals surface area contributed by atoms with Gasteiger partial charge in [0.2, 0.25) is 0 Å². The molecule has 0 aromatic carbocycles. The van der Waals surface area contributed by atoms with Gasteiger partial charge in [-0.15, -0.1) is 23.2 Å². The standard InChI is InChI=1S/C7H14Cl3N2OP/c8-2-6-11-4-1-5-12(7-3-9)14(11,10)13/h1-7H2. The van der Waals surface area contributed by atoms with Crippen molar-refractivity contribution in [2.45, 2.75) is 6.42 Å². The first-order chi connectivity index (χ1) is 6.62. The van der Waals surface area contributed by atoms with E-state index >= 15 is 0 Å². The lowest BCUT2D eigenvalue weighted by Gasteiger charge is -2.38. The van der Waals surface area contributed by atoms with Gasteiger partial charge in [-0.1, -0.05) is 0 Å². The predicted octanol–water partition coefficient (Wildman–Crippen LogP) is 2.82. The number of halogens is 3. The Kier molecular flexibility index (Phi) is 5.54. The summed E-state index contributed by atoms with van der Waals surface area (Å²) in [5.74, 6) is 0.900. The molecule has 0 amide bonds. The summed E-state index contributed by atoms with van der Waals surface area (Å²) >= 11 is 17.3. The Balaban J connectivity index is 2.66. The van der Waals surface area contributed by atoms with Crippen LogP contribution < -0.4 is 0 Å². The summed E-state index contributed by atoms with van der Waals surface area (Å²) in [6, 6.07) is 0. The summed E-state index contributed by atoms with van der Waals surface area (Å²) in [6.07, 6.45) is 0.963. The van der Waals surface area contributed by atoms with Crippen molar-refractivity contribution in [1.82, 2.24) is 9.34 Å². The SMILES string of the molecule is O=P1(Cl)N(CCCl)CCCN1CCCl. The first-order valence-electron chi connectivity index (χ1n) is 4.55. The molecule has 0 atom stereocenters. The van der Waals surface area contributed by atoms with E-state index in [4.69, 9.17) is 34.4 Å². The highest BCUT2D eigenvalue weighted by Gasteiger charge is 2.37. The smallest absolute Gasteiger partial charge is 0.271 e. The number of hydrogen-bond donors (Lipinski definition) is 0. The van der Waals surface area contributed by atoms with Crippen molar-refractivity contribution in [1.29, 1.82) is 0 Å². The second-order valence-electron chi connectivity index (χ2n) is 3.11. The van der Waals surface area contributed by atoms with E-state index in [2.05, 4.69) is 0 Å². The number of nitrogens with zero attached hydrogens (tertiary/aromatic N) is 2. The third-order valence-electron chi connectivity index (χ3n) is 2.22. The van der Waals surface area contributed by atoms with Crippen LogP contribution in [0.25, 0.3) is 0 Å². The summed E-state index contributed by atoms with van der Waals surface area (Å²) in [4.78, 5) is 0. The van der Waals surface area contributed by atoms with Crippen LogP contribution in [0.4, 0.5) is 0 Å². The maximum absolute atomic E-state index is 12.2. The molecule has 0 saturated carbocycles. The Morgan fingerprint density at radius 3 is 1.86 bits per heavy atom. The molecule has 3 nitrogen and oxygen atoms in total. The molecule has 1 aliphatic heterocycles. The molecule has 0 aliphatic carbocycles. The Morgan fingerprint density at radius 1 is 1.07 bits per heavy atom. The van der Waals surface area contributed by atoms with Crippen LogP contribution in [0, 0.1) is 0 Å². The van der Waals surface area contributed by atoms with Gasteiger partial charge in [-0.3, -0.25) is 4.57 Å². The van der Waals surface area contributed by atoms with Crippen LogP contribution in [0.2, 0.25) is 0 Å². The summed E-state index contributed by atoms with van der Waals surface area (Å²) in [5.41, 5.74) is 0. The summed E-state index contributed by atoms with van der Waals surface area (Å²) < 4.78 is 15.7. The minimum absolute atomic E-state index is 0.450. The molecule has 0 bridgehead atoms. The van der Waals surface area contributed by atoms with Crippen LogP contribution in [0.1, 0.15) is 6.42 Å². The molecule has 1 saturated heterocycles. The van der Waals surface area contributed by atoms with Crippen LogP contribution in [0.5, 0.6) is 0 Å². The summed E-state index contributed by atoms with van der Waals surface area (Å²) in [7, 11) is 0. The van der Waals surface area contributed by atoms with Gasteiger partial charge in [0, 0.05) is 37.9 Å². The van der Waals surface area contributed by atoms with Crippen LogP contribution >= 0.6 is 41.2 Å². The van der Waals surface area contributed by atoms with Crippen molar-refractivity contribution in [3.05, 3.63) is 0 Å². The van der Waals surface area contributed by atoms with E-state index in [1.54, 1.807) is 9.34 Å². The maximum Gasteiger partial charge on any atom is 0.304 e. The number of rotatable bonds is 4. The molecule has 1 aliphatic rings. The van der Waals surface area contributed by atoms with Crippen LogP contribution in [-0.4, -0.2) is 47.3 Å². The van der Waals surface area contributed by atoms with Gasteiger partial charge < -0.3 is 0 Å². The zero-order valence-electron chi connectivity index (χ0n) is 7.83. The fraction of sp³-hybridized carbons (Fsp3) is 1.00. The predicted molar refractivity (Wildman–Crippen MR) is 62.7 cm³/mol. The van der Waals surface area contributed by atoms with Crippen molar-refractivity contribution in [2.75, 3.05) is 37.9 Å². The summed E-state index contributed by atoms with van der Waals surface area (Å²) in [5, 5.41) is 0.